The highest BCUT2D eigenvalue weighted by Crippen LogP contribution is 2.39. The number of sulfone groups is 1. The summed E-state index contributed by atoms with van der Waals surface area (Å²) in [5, 5.41) is 15.4. The summed E-state index contributed by atoms with van der Waals surface area (Å²) in [6.45, 7) is -0.681. The highest BCUT2D eigenvalue weighted by Gasteiger charge is 2.41. The summed E-state index contributed by atoms with van der Waals surface area (Å²) in [6, 6.07) is 13.6. The van der Waals surface area contributed by atoms with Crippen LogP contribution in [0.25, 0.3) is 0 Å². The summed E-state index contributed by atoms with van der Waals surface area (Å²) >= 11 is 0. The first-order valence-electron chi connectivity index (χ1n) is 15.6. The Morgan fingerprint density at radius 1 is 1.09 bits per heavy atom. The van der Waals surface area contributed by atoms with Crippen LogP contribution < -0.4 is 15.5 Å². The standard InChI is InChI=1S/C33H39F5N4O4S/c1-2-47(44,45)29-13-7-24(8-14-29)30(15-16-39)41-31(43)25-5-11-27(12-6-25)42-20-23(17-28(42)21-46-32(34)35)19-40-18-22-3-9-26(10-4-22)33(36,37)38/h5-8,11-14,19,22,26,28,30,32,40H,2-4,9-10,15,17-18,20-21H2,1H3,(H,41,43)/b23-19-/t22?,26?,28-,30-/m0/s1. The Kier molecular flexibility index (Phi) is 12.2. The van der Waals surface area contributed by atoms with Crippen LogP contribution in [0.4, 0.5) is 27.6 Å². The molecular weight excluding hydrogens is 643 g/mol. The van der Waals surface area contributed by atoms with Gasteiger partial charge in [-0.15, -0.1) is 0 Å². The van der Waals surface area contributed by atoms with Gasteiger partial charge >= 0.3 is 12.8 Å². The Balaban J connectivity index is 1.39. The number of ether oxygens (including phenoxy) is 1. The van der Waals surface area contributed by atoms with Gasteiger partial charge in [0.05, 0.1) is 47.7 Å². The summed E-state index contributed by atoms with van der Waals surface area (Å²) in [5.41, 5.74) is 2.49. The minimum absolute atomic E-state index is 0.0404. The SMILES string of the molecule is CCS(=O)(=O)c1ccc([C@H](CC#N)NC(=O)c2ccc(N3C/C(=C\NCC4CCC(C(F)(F)F)CC4)C[C@H]3COC(F)F)cc2)cc1. The van der Waals surface area contributed by atoms with Crippen LogP contribution in [0.3, 0.4) is 0 Å². The zero-order valence-electron chi connectivity index (χ0n) is 26.0. The maximum Gasteiger partial charge on any atom is 0.391 e. The van der Waals surface area contributed by atoms with Crippen molar-refractivity contribution in [1.82, 2.24) is 10.6 Å². The first-order valence-corrected chi connectivity index (χ1v) is 17.2. The molecule has 4 rings (SSSR count). The Labute approximate surface area is 271 Å². The lowest BCUT2D eigenvalue weighted by Crippen LogP contribution is -2.34. The van der Waals surface area contributed by atoms with Crippen LogP contribution in [-0.4, -0.2) is 58.6 Å². The molecule has 2 atom stereocenters. The number of amides is 1. The predicted octanol–water partition coefficient (Wildman–Crippen LogP) is 6.53. The normalized spacial score (nSPS) is 21.9. The van der Waals surface area contributed by atoms with E-state index in [1.54, 1.807) is 43.3 Å². The van der Waals surface area contributed by atoms with Gasteiger partial charge in [0.1, 0.15) is 0 Å². The van der Waals surface area contributed by atoms with Crippen molar-refractivity contribution in [3.05, 3.63) is 71.4 Å². The number of nitriles is 1. The van der Waals surface area contributed by atoms with Gasteiger partial charge in [0.25, 0.3) is 5.91 Å². The van der Waals surface area contributed by atoms with Crippen LogP contribution in [-0.2, 0) is 14.6 Å². The number of anilines is 1. The average molecular weight is 683 g/mol. The van der Waals surface area contributed by atoms with Crippen molar-refractivity contribution in [2.45, 2.75) is 75.2 Å². The second-order valence-electron chi connectivity index (χ2n) is 12.0. The Morgan fingerprint density at radius 3 is 2.32 bits per heavy atom. The molecule has 1 aliphatic heterocycles. The molecule has 256 valence electrons. The molecule has 0 unspecified atom stereocenters. The minimum atomic E-state index is -4.15. The van der Waals surface area contributed by atoms with Gasteiger partial charge in [-0.1, -0.05) is 19.1 Å². The molecule has 2 N–H and O–H groups in total. The highest BCUT2D eigenvalue weighted by atomic mass is 32.2. The van der Waals surface area contributed by atoms with Crippen molar-refractivity contribution >= 4 is 21.4 Å². The second kappa shape index (κ2) is 15.9. The fourth-order valence-corrected chi connectivity index (χ4v) is 6.98. The van der Waals surface area contributed by atoms with Gasteiger partial charge in [-0.3, -0.25) is 4.79 Å². The molecule has 1 heterocycles. The second-order valence-corrected chi connectivity index (χ2v) is 14.2. The van der Waals surface area contributed by atoms with E-state index < -0.39 is 46.5 Å². The van der Waals surface area contributed by atoms with E-state index >= 15 is 0 Å². The van der Waals surface area contributed by atoms with E-state index in [-0.39, 0.29) is 42.4 Å². The Bertz CT molecular complexity index is 1520. The number of halogens is 5. The molecule has 0 bridgehead atoms. The topological polar surface area (TPSA) is 112 Å². The molecular formula is C33H39F5N4O4S. The molecule has 1 saturated carbocycles. The zero-order valence-corrected chi connectivity index (χ0v) is 26.8. The molecule has 2 fully saturated rings. The zero-order chi connectivity index (χ0) is 34.2. The molecule has 2 aromatic rings. The van der Waals surface area contributed by atoms with Crippen molar-refractivity contribution in [2.24, 2.45) is 11.8 Å². The number of rotatable bonds is 13. The van der Waals surface area contributed by atoms with Crippen molar-refractivity contribution in [3.8, 4) is 6.07 Å². The van der Waals surface area contributed by atoms with Crippen molar-refractivity contribution in [1.29, 1.82) is 5.26 Å². The smallest absolute Gasteiger partial charge is 0.391 e. The van der Waals surface area contributed by atoms with Gasteiger partial charge < -0.3 is 20.3 Å². The van der Waals surface area contributed by atoms with E-state index in [1.807, 2.05) is 17.2 Å². The minimum Gasteiger partial charge on any atom is -0.391 e. The summed E-state index contributed by atoms with van der Waals surface area (Å²) in [7, 11) is -3.40. The molecule has 14 heteroatoms. The number of benzene rings is 2. The number of carbonyl (C=O) groups excluding carboxylic acids is 1. The predicted molar refractivity (Wildman–Crippen MR) is 166 cm³/mol. The third-order valence-electron chi connectivity index (χ3n) is 8.83. The fourth-order valence-electron chi connectivity index (χ4n) is 6.09. The van der Waals surface area contributed by atoms with Gasteiger partial charge in [0.2, 0.25) is 0 Å². The summed E-state index contributed by atoms with van der Waals surface area (Å²) in [6.07, 6.45) is -0.711. The third-order valence-corrected chi connectivity index (χ3v) is 10.6. The summed E-state index contributed by atoms with van der Waals surface area (Å²) < 4.78 is 93.6. The maximum absolute atomic E-state index is 13.1. The molecule has 1 aliphatic carbocycles. The summed E-state index contributed by atoms with van der Waals surface area (Å²) in [5.74, 6) is -1.61. The lowest BCUT2D eigenvalue weighted by atomic mass is 9.81. The van der Waals surface area contributed by atoms with E-state index in [1.165, 1.54) is 12.1 Å². The number of hydrogen-bond donors (Lipinski definition) is 2. The summed E-state index contributed by atoms with van der Waals surface area (Å²) in [4.78, 5) is 15.2. The van der Waals surface area contributed by atoms with Crippen LogP contribution in [0.1, 0.15) is 67.4 Å². The van der Waals surface area contributed by atoms with Crippen LogP contribution in [0.2, 0.25) is 0 Å². The Morgan fingerprint density at radius 2 is 1.74 bits per heavy atom. The monoisotopic (exact) mass is 682 g/mol. The van der Waals surface area contributed by atoms with E-state index in [4.69, 9.17) is 0 Å². The molecule has 0 radical (unpaired) electrons. The first kappa shape index (κ1) is 36.1. The van der Waals surface area contributed by atoms with E-state index in [0.29, 0.717) is 49.2 Å². The van der Waals surface area contributed by atoms with Gasteiger partial charge in [0.15, 0.2) is 9.84 Å². The number of nitrogens with zero attached hydrogens (tertiary/aromatic N) is 2. The van der Waals surface area contributed by atoms with Crippen LogP contribution >= 0.6 is 0 Å². The molecule has 1 saturated heterocycles. The van der Waals surface area contributed by atoms with Crippen molar-refractivity contribution in [2.75, 3.05) is 30.3 Å². The molecule has 47 heavy (non-hydrogen) atoms. The third kappa shape index (κ3) is 9.90. The van der Waals surface area contributed by atoms with Crippen LogP contribution in [0, 0.1) is 23.2 Å². The lowest BCUT2D eigenvalue weighted by molar-refractivity contribution is -0.183. The number of nitrogens with one attached hydrogen (secondary N) is 2. The van der Waals surface area contributed by atoms with Gasteiger partial charge in [-0.2, -0.15) is 27.2 Å². The maximum atomic E-state index is 13.1. The highest BCUT2D eigenvalue weighted by molar-refractivity contribution is 7.91. The number of alkyl halides is 5. The molecule has 0 spiro atoms. The molecule has 1 amide bonds. The van der Waals surface area contributed by atoms with E-state index in [0.717, 1.165) is 5.57 Å². The molecule has 8 nitrogen and oxygen atoms in total. The van der Waals surface area contributed by atoms with Gasteiger partial charge in [0, 0.05) is 24.3 Å². The fraction of sp³-hybridized carbons (Fsp3) is 0.515. The van der Waals surface area contributed by atoms with Gasteiger partial charge in [-0.05, 0) is 91.8 Å². The average Bonchev–Trinajstić information content (AvgIpc) is 3.46. The number of hydrogen-bond acceptors (Lipinski definition) is 7. The van der Waals surface area contributed by atoms with E-state index in [9.17, 15) is 40.4 Å². The lowest BCUT2D eigenvalue weighted by Gasteiger charge is -2.29. The van der Waals surface area contributed by atoms with E-state index in [2.05, 4.69) is 15.4 Å². The largest absolute Gasteiger partial charge is 0.391 e. The molecule has 2 aliphatic rings. The van der Waals surface area contributed by atoms with Crippen molar-refractivity contribution < 1.29 is 39.9 Å². The van der Waals surface area contributed by atoms with Crippen LogP contribution in [0.15, 0.2) is 65.2 Å². The Hall–Kier alpha value is -3.70. The number of carbonyl (C=O) groups is 1. The van der Waals surface area contributed by atoms with Gasteiger partial charge in [-0.25, -0.2) is 8.42 Å². The molecule has 2 aromatic carbocycles. The van der Waals surface area contributed by atoms with Crippen molar-refractivity contribution in [3.63, 3.8) is 0 Å². The quantitative estimate of drug-likeness (QED) is 0.231. The first-order chi connectivity index (χ1) is 22.3. The van der Waals surface area contributed by atoms with Crippen LogP contribution in [0.5, 0.6) is 0 Å². The molecule has 0 aromatic heterocycles.